The lowest BCUT2D eigenvalue weighted by molar-refractivity contribution is 0.233. The average molecular weight is 257 g/mol. The van der Waals surface area contributed by atoms with Crippen molar-refractivity contribution in [2.24, 2.45) is 5.41 Å². The van der Waals surface area contributed by atoms with Crippen molar-refractivity contribution in [3.63, 3.8) is 0 Å². The first kappa shape index (κ1) is 13.2. The maximum Gasteiger partial charge on any atom is 0.0372 e. The molecule has 0 amide bonds. The molecule has 1 saturated carbocycles. The van der Waals surface area contributed by atoms with Gasteiger partial charge in [0.1, 0.15) is 0 Å². The van der Waals surface area contributed by atoms with Gasteiger partial charge in [-0.25, -0.2) is 0 Å². The molecule has 1 aromatic carbocycles. The van der Waals surface area contributed by atoms with Crippen LogP contribution in [0.2, 0.25) is 0 Å². The second-order valence-corrected chi connectivity index (χ2v) is 6.82. The van der Waals surface area contributed by atoms with Crippen molar-refractivity contribution in [2.45, 2.75) is 64.3 Å². The molecule has 3 rings (SSSR count). The average Bonchev–Trinajstić information content (AvgIpc) is 2.87. The number of hydrogen-bond acceptors (Lipinski definition) is 1. The Balaban J connectivity index is 1.91. The predicted octanol–water partition coefficient (Wildman–Crippen LogP) is 4.41. The fourth-order valence-corrected chi connectivity index (χ4v) is 4.32. The lowest BCUT2D eigenvalue weighted by Crippen LogP contribution is -2.32. The van der Waals surface area contributed by atoms with Crippen LogP contribution in [0, 0.1) is 5.41 Å². The van der Waals surface area contributed by atoms with E-state index in [-0.39, 0.29) is 0 Å². The first-order valence-electron chi connectivity index (χ1n) is 8.02. The Morgan fingerprint density at radius 1 is 1.00 bits per heavy atom. The Kier molecular flexibility index (Phi) is 3.66. The summed E-state index contributed by atoms with van der Waals surface area (Å²) in [5, 5.41) is 3.61. The highest BCUT2D eigenvalue weighted by Crippen LogP contribution is 2.47. The molecule has 0 saturated heterocycles. The molecule has 0 aromatic heterocycles. The van der Waals surface area contributed by atoms with Crippen molar-refractivity contribution < 1.29 is 0 Å². The molecule has 1 heteroatoms. The van der Waals surface area contributed by atoms with Crippen molar-refractivity contribution >= 4 is 0 Å². The summed E-state index contributed by atoms with van der Waals surface area (Å²) in [4.78, 5) is 0. The Bertz CT molecular complexity index is 443. The van der Waals surface area contributed by atoms with Gasteiger partial charge in [0.05, 0.1) is 0 Å². The Hall–Kier alpha value is -0.820. The van der Waals surface area contributed by atoms with Crippen LogP contribution >= 0.6 is 0 Å². The van der Waals surface area contributed by atoms with E-state index >= 15 is 0 Å². The van der Waals surface area contributed by atoms with Crippen LogP contribution in [0.5, 0.6) is 0 Å². The van der Waals surface area contributed by atoms with Crippen LogP contribution in [0.4, 0.5) is 0 Å². The summed E-state index contributed by atoms with van der Waals surface area (Å²) in [6.07, 6.45) is 10.9. The van der Waals surface area contributed by atoms with Crippen LogP contribution in [0.3, 0.4) is 0 Å². The van der Waals surface area contributed by atoms with E-state index in [0.29, 0.717) is 11.5 Å². The fourth-order valence-electron chi connectivity index (χ4n) is 4.32. The van der Waals surface area contributed by atoms with Gasteiger partial charge in [-0.05, 0) is 67.7 Å². The zero-order valence-corrected chi connectivity index (χ0v) is 12.5. The predicted molar refractivity (Wildman–Crippen MR) is 81.5 cm³/mol. The van der Waals surface area contributed by atoms with Crippen LogP contribution in [0.25, 0.3) is 0 Å². The molecule has 1 nitrogen and oxygen atoms in total. The van der Waals surface area contributed by atoms with E-state index in [2.05, 4.69) is 37.5 Å². The molecule has 1 unspecified atom stereocenters. The van der Waals surface area contributed by atoms with Gasteiger partial charge in [-0.1, -0.05) is 38.0 Å². The molecule has 0 spiro atoms. The van der Waals surface area contributed by atoms with E-state index in [9.17, 15) is 0 Å². The van der Waals surface area contributed by atoms with Gasteiger partial charge in [0.2, 0.25) is 0 Å². The quantitative estimate of drug-likeness (QED) is 0.846. The summed E-state index contributed by atoms with van der Waals surface area (Å²) in [5.41, 5.74) is 5.19. The molecule has 0 aliphatic heterocycles. The van der Waals surface area contributed by atoms with Crippen molar-refractivity contribution in [3.05, 3.63) is 34.9 Å². The summed E-state index contributed by atoms with van der Waals surface area (Å²) in [5.74, 6) is 0. The van der Waals surface area contributed by atoms with E-state index in [4.69, 9.17) is 0 Å². The molecule has 1 fully saturated rings. The standard InChI is InChI=1S/C18H27N/c1-18(11-5-6-12-18)17(19-2)16-10-9-14-7-3-4-8-15(14)13-16/h9-10,13,17,19H,3-8,11-12H2,1-2H3. The highest BCUT2D eigenvalue weighted by atomic mass is 14.9. The molecule has 0 radical (unpaired) electrons. The minimum absolute atomic E-state index is 0.456. The van der Waals surface area contributed by atoms with E-state index in [1.165, 1.54) is 56.9 Å². The second-order valence-electron chi connectivity index (χ2n) is 6.82. The number of nitrogens with one attached hydrogen (secondary N) is 1. The summed E-state index contributed by atoms with van der Waals surface area (Å²) in [6, 6.07) is 7.81. The minimum atomic E-state index is 0.456. The van der Waals surface area contributed by atoms with Gasteiger partial charge >= 0.3 is 0 Å². The number of rotatable bonds is 3. The molecule has 1 N–H and O–H groups in total. The van der Waals surface area contributed by atoms with Gasteiger partial charge in [-0.2, -0.15) is 0 Å². The minimum Gasteiger partial charge on any atom is -0.313 e. The van der Waals surface area contributed by atoms with E-state index in [1.807, 2.05) is 0 Å². The summed E-state index contributed by atoms with van der Waals surface area (Å²) >= 11 is 0. The normalized spacial score (nSPS) is 23.1. The van der Waals surface area contributed by atoms with E-state index in [1.54, 1.807) is 11.1 Å². The fraction of sp³-hybridized carbons (Fsp3) is 0.667. The molecule has 2 aliphatic carbocycles. The van der Waals surface area contributed by atoms with Crippen LogP contribution in [0.15, 0.2) is 18.2 Å². The monoisotopic (exact) mass is 257 g/mol. The van der Waals surface area contributed by atoms with Gasteiger partial charge in [-0.3, -0.25) is 0 Å². The second kappa shape index (κ2) is 5.28. The van der Waals surface area contributed by atoms with Gasteiger partial charge in [0.15, 0.2) is 0 Å². The Morgan fingerprint density at radius 3 is 2.37 bits per heavy atom. The number of fused-ring (bicyclic) bond motifs is 1. The van der Waals surface area contributed by atoms with Gasteiger partial charge in [-0.15, -0.1) is 0 Å². The molecule has 104 valence electrons. The third-order valence-electron chi connectivity index (χ3n) is 5.44. The van der Waals surface area contributed by atoms with Crippen LogP contribution in [0.1, 0.15) is 68.2 Å². The summed E-state index contributed by atoms with van der Waals surface area (Å²) in [7, 11) is 2.13. The van der Waals surface area contributed by atoms with Gasteiger partial charge in [0, 0.05) is 6.04 Å². The van der Waals surface area contributed by atoms with Gasteiger partial charge in [0.25, 0.3) is 0 Å². The first-order valence-corrected chi connectivity index (χ1v) is 8.02. The third kappa shape index (κ3) is 2.45. The van der Waals surface area contributed by atoms with Crippen molar-refractivity contribution in [2.75, 3.05) is 7.05 Å². The SMILES string of the molecule is CNC(c1ccc2c(c1)CCCC2)C1(C)CCCC1. The topological polar surface area (TPSA) is 12.0 Å². The smallest absolute Gasteiger partial charge is 0.0372 e. The van der Waals surface area contributed by atoms with Gasteiger partial charge < -0.3 is 5.32 Å². The third-order valence-corrected chi connectivity index (χ3v) is 5.44. The summed E-state index contributed by atoms with van der Waals surface area (Å²) < 4.78 is 0. The highest BCUT2D eigenvalue weighted by molar-refractivity contribution is 5.36. The molecular weight excluding hydrogens is 230 g/mol. The molecule has 0 heterocycles. The zero-order valence-electron chi connectivity index (χ0n) is 12.5. The van der Waals surface area contributed by atoms with Crippen molar-refractivity contribution in [3.8, 4) is 0 Å². The molecule has 2 aliphatic rings. The maximum atomic E-state index is 3.61. The number of aryl methyl sites for hydroxylation is 2. The van der Waals surface area contributed by atoms with Crippen LogP contribution in [-0.2, 0) is 12.8 Å². The van der Waals surface area contributed by atoms with E-state index < -0.39 is 0 Å². The van der Waals surface area contributed by atoms with Crippen LogP contribution in [-0.4, -0.2) is 7.05 Å². The molecular formula is C18H27N. The van der Waals surface area contributed by atoms with Crippen molar-refractivity contribution in [1.29, 1.82) is 0 Å². The Labute approximate surface area is 117 Å². The lowest BCUT2D eigenvalue weighted by atomic mass is 9.76. The number of benzene rings is 1. The zero-order chi connectivity index (χ0) is 13.3. The van der Waals surface area contributed by atoms with E-state index in [0.717, 1.165) is 0 Å². The Morgan fingerprint density at radius 2 is 1.68 bits per heavy atom. The molecule has 19 heavy (non-hydrogen) atoms. The maximum absolute atomic E-state index is 3.61. The lowest BCUT2D eigenvalue weighted by Gasteiger charge is -2.35. The molecule has 0 bridgehead atoms. The molecule has 1 aromatic rings. The summed E-state index contributed by atoms with van der Waals surface area (Å²) in [6.45, 7) is 2.47. The van der Waals surface area contributed by atoms with Crippen LogP contribution < -0.4 is 5.32 Å². The first-order chi connectivity index (χ1) is 9.23. The molecule has 1 atom stereocenters. The largest absolute Gasteiger partial charge is 0.313 e. The number of hydrogen-bond donors (Lipinski definition) is 1. The van der Waals surface area contributed by atoms with Crippen molar-refractivity contribution in [1.82, 2.24) is 5.32 Å². The highest BCUT2D eigenvalue weighted by Gasteiger charge is 2.37.